The van der Waals surface area contributed by atoms with Crippen molar-refractivity contribution in [3.63, 3.8) is 0 Å². The van der Waals surface area contributed by atoms with Gasteiger partial charge in [0, 0.05) is 5.56 Å². The summed E-state index contributed by atoms with van der Waals surface area (Å²) in [6.07, 6.45) is -1.43. The van der Waals surface area contributed by atoms with E-state index in [9.17, 15) is 13.2 Å². The number of para-hydroxylation sites is 1. The van der Waals surface area contributed by atoms with Crippen molar-refractivity contribution in [1.29, 1.82) is 0 Å². The molecular weight excluding hydrogens is 387 g/mol. The third-order valence-corrected chi connectivity index (χ3v) is 4.23. The summed E-state index contributed by atoms with van der Waals surface area (Å²) >= 11 is 0. The molecule has 0 radical (unpaired) electrons. The third kappa shape index (κ3) is 3.84. The largest absolute Gasteiger partial charge is 0.457 e. The minimum atomic E-state index is -4.73. The van der Waals surface area contributed by atoms with Crippen LogP contribution in [0.25, 0.3) is 0 Å². The second-order valence-corrected chi connectivity index (χ2v) is 6.19. The zero-order chi connectivity index (χ0) is 20.3. The predicted octanol–water partition coefficient (Wildman–Crippen LogP) is 4.84. The number of alkyl halides is 3. The van der Waals surface area contributed by atoms with Crippen LogP contribution < -0.4 is 9.47 Å². The van der Waals surface area contributed by atoms with Gasteiger partial charge in [-0.05, 0) is 24.3 Å². The lowest BCUT2D eigenvalue weighted by molar-refractivity contribution is -0.275. The first kappa shape index (κ1) is 18.7. The van der Waals surface area contributed by atoms with Gasteiger partial charge in [-0.25, -0.2) is 9.97 Å². The molecule has 0 fully saturated rings. The molecule has 1 aliphatic rings. The standard InChI is InChI=1S/C20H14F3N3O3/c21-20(22,23)19(10-18(26-29-19)28-17-11-24-13-25-12-17)14-6-8-16(9-7-14)27-15-4-2-1-3-5-15/h1-9,11-13H,10H2/t19-/m0/s1. The van der Waals surface area contributed by atoms with Crippen molar-refractivity contribution >= 4 is 5.90 Å². The maximum absolute atomic E-state index is 14.0. The van der Waals surface area contributed by atoms with E-state index >= 15 is 0 Å². The summed E-state index contributed by atoms with van der Waals surface area (Å²) in [6.45, 7) is 0. The van der Waals surface area contributed by atoms with Crippen LogP contribution in [0.1, 0.15) is 12.0 Å². The number of nitrogens with zero attached hydrogens (tertiary/aromatic N) is 3. The zero-order valence-electron chi connectivity index (χ0n) is 14.8. The van der Waals surface area contributed by atoms with Gasteiger partial charge in [0.25, 0.3) is 5.60 Å². The Kier molecular flexibility index (Phi) is 4.79. The molecule has 0 N–H and O–H groups in total. The van der Waals surface area contributed by atoms with Gasteiger partial charge in [0.15, 0.2) is 5.75 Å². The SMILES string of the molecule is FC(F)(F)[C@@]1(c2ccc(Oc3ccccc3)cc2)CC(Oc2cncnc2)=NO1. The van der Waals surface area contributed by atoms with E-state index in [1.165, 1.54) is 43.0 Å². The minimum absolute atomic E-state index is 0.114. The molecule has 1 aliphatic heterocycles. The highest BCUT2D eigenvalue weighted by molar-refractivity contribution is 5.80. The van der Waals surface area contributed by atoms with Crippen molar-refractivity contribution in [1.82, 2.24) is 9.97 Å². The second kappa shape index (κ2) is 7.42. The molecule has 1 atom stereocenters. The molecule has 2 aromatic carbocycles. The summed E-state index contributed by atoms with van der Waals surface area (Å²) in [5.74, 6) is 0.919. The van der Waals surface area contributed by atoms with E-state index in [2.05, 4.69) is 15.1 Å². The van der Waals surface area contributed by atoms with Crippen LogP contribution in [0.2, 0.25) is 0 Å². The monoisotopic (exact) mass is 401 g/mol. The molecule has 9 heteroatoms. The summed E-state index contributed by atoms with van der Waals surface area (Å²) in [7, 11) is 0. The van der Waals surface area contributed by atoms with Crippen LogP contribution in [-0.4, -0.2) is 22.0 Å². The Labute approximate surface area is 163 Å². The van der Waals surface area contributed by atoms with Crippen molar-refractivity contribution in [2.75, 3.05) is 0 Å². The van der Waals surface area contributed by atoms with Gasteiger partial charge < -0.3 is 14.3 Å². The number of rotatable bonds is 4. The van der Waals surface area contributed by atoms with Crippen molar-refractivity contribution in [2.24, 2.45) is 5.16 Å². The van der Waals surface area contributed by atoms with E-state index in [0.717, 1.165) is 0 Å². The normalized spacial score (nSPS) is 18.7. The number of hydrogen-bond acceptors (Lipinski definition) is 6. The lowest BCUT2D eigenvalue weighted by Crippen LogP contribution is -2.43. The fourth-order valence-corrected chi connectivity index (χ4v) is 2.82. The molecule has 2 heterocycles. The third-order valence-electron chi connectivity index (χ3n) is 4.23. The molecule has 148 valence electrons. The molecule has 0 amide bonds. The zero-order valence-corrected chi connectivity index (χ0v) is 14.8. The van der Waals surface area contributed by atoms with Gasteiger partial charge in [0.1, 0.15) is 17.8 Å². The Morgan fingerprint density at radius 1 is 0.828 bits per heavy atom. The van der Waals surface area contributed by atoms with Crippen LogP contribution in [0, 0.1) is 0 Å². The summed E-state index contributed by atoms with van der Waals surface area (Å²) < 4.78 is 52.8. The molecular formula is C20H14F3N3O3. The quantitative estimate of drug-likeness (QED) is 0.626. The number of benzene rings is 2. The number of aromatic nitrogens is 2. The molecule has 0 saturated heterocycles. The summed E-state index contributed by atoms with van der Waals surface area (Å²) in [6, 6.07) is 14.4. The average Bonchev–Trinajstić information content (AvgIpc) is 3.15. The van der Waals surface area contributed by atoms with Gasteiger partial charge in [0.2, 0.25) is 5.90 Å². The van der Waals surface area contributed by atoms with E-state index in [1.807, 2.05) is 6.07 Å². The van der Waals surface area contributed by atoms with Gasteiger partial charge >= 0.3 is 6.18 Å². The minimum Gasteiger partial charge on any atom is -0.457 e. The predicted molar refractivity (Wildman–Crippen MR) is 96.5 cm³/mol. The molecule has 3 aromatic rings. The molecule has 4 rings (SSSR count). The fourth-order valence-electron chi connectivity index (χ4n) is 2.82. The van der Waals surface area contributed by atoms with E-state index in [0.29, 0.717) is 11.5 Å². The first-order valence-electron chi connectivity index (χ1n) is 8.54. The average molecular weight is 401 g/mol. The van der Waals surface area contributed by atoms with Crippen LogP contribution in [0.15, 0.2) is 78.5 Å². The summed E-state index contributed by atoms with van der Waals surface area (Å²) in [4.78, 5) is 12.4. The maximum atomic E-state index is 14.0. The number of halogens is 3. The smallest absolute Gasteiger partial charge is 0.435 e. The fraction of sp³-hybridized carbons (Fsp3) is 0.150. The highest BCUT2D eigenvalue weighted by Gasteiger charge is 2.63. The molecule has 6 nitrogen and oxygen atoms in total. The second-order valence-electron chi connectivity index (χ2n) is 6.19. The maximum Gasteiger partial charge on any atom is 0.435 e. The first-order valence-corrected chi connectivity index (χ1v) is 8.54. The van der Waals surface area contributed by atoms with E-state index in [-0.39, 0.29) is 17.2 Å². The van der Waals surface area contributed by atoms with Crippen LogP contribution in [0.3, 0.4) is 0 Å². The molecule has 0 unspecified atom stereocenters. The Bertz CT molecular complexity index is 996. The van der Waals surface area contributed by atoms with Gasteiger partial charge in [-0.1, -0.05) is 35.5 Å². The van der Waals surface area contributed by atoms with Crippen molar-refractivity contribution in [3.8, 4) is 17.2 Å². The number of oxime groups is 1. The lowest BCUT2D eigenvalue weighted by atomic mass is 9.90. The molecule has 0 aliphatic carbocycles. The van der Waals surface area contributed by atoms with Crippen LogP contribution in [0.4, 0.5) is 13.2 Å². The van der Waals surface area contributed by atoms with Crippen molar-refractivity contribution < 1.29 is 27.5 Å². The van der Waals surface area contributed by atoms with Crippen LogP contribution in [-0.2, 0) is 10.4 Å². The summed E-state index contributed by atoms with van der Waals surface area (Å²) in [5, 5.41) is 3.51. The van der Waals surface area contributed by atoms with Crippen molar-refractivity contribution in [2.45, 2.75) is 18.2 Å². The number of hydrogen-bond donors (Lipinski definition) is 0. The Hall–Kier alpha value is -3.62. The van der Waals surface area contributed by atoms with Gasteiger partial charge in [-0.2, -0.15) is 13.2 Å². The van der Waals surface area contributed by atoms with Gasteiger partial charge in [-0.15, -0.1) is 0 Å². The first-order chi connectivity index (χ1) is 14.0. The van der Waals surface area contributed by atoms with E-state index in [1.54, 1.807) is 24.3 Å². The highest BCUT2D eigenvalue weighted by atomic mass is 19.4. The molecule has 0 saturated carbocycles. The van der Waals surface area contributed by atoms with Crippen molar-refractivity contribution in [3.05, 3.63) is 78.9 Å². The van der Waals surface area contributed by atoms with Crippen LogP contribution >= 0.6 is 0 Å². The highest BCUT2D eigenvalue weighted by Crippen LogP contribution is 2.48. The molecule has 1 aromatic heterocycles. The van der Waals surface area contributed by atoms with Gasteiger partial charge in [0.05, 0.1) is 18.8 Å². The summed E-state index contributed by atoms with van der Waals surface area (Å²) in [5.41, 5.74) is -2.76. The number of ether oxygens (including phenoxy) is 2. The Balaban J connectivity index is 1.55. The van der Waals surface area contributed by atoms with Gasteiger partial charge in [-0.3, -0.25) is 0 Å². The van der Waals surface area contributed by atoms with E-state index in [4.69, 9.17) is 14.3 Å². The Morgan fingerprint density at radius 2 is 1.48 bits per heavy atom. The molecule has 0 spiro atoms. The topological polar surface area (TPSA) is 65.8 Å². The Morgan fingerprint density at radius 3 is 2.14 bits per heavy atom. The molecule has 29 heavy (non-hydrogen) atoms. The van der Waals surface area contributed by atoms with E-state index < -0.39 is 18.2 Å². The molecule has 0 bridgehead atoms. The lowest BCUT2D eigenvalue weighted by Gasteiger charge is -2.29. The van der Waals surface area contributed by atoms with Crippen LogP contribution in [0.5, 0.6) is 17.2 Å².